The standard InChI is InChI=1S/C20H22N4O/c1-14-7-6-8-16(11-14)13-21-19-12-20(23-15(2)22-19)24-17-9-4-5-10-18(17)25-3/h4-12H,13H2,1-3H3,(H2,21,22,23,24). The molecule has 5 heteroatoms. The zero-order valence-corrected chi connectivity index (χ0v) is 14.7. The molecule has 0 aliphatic rings. The van der Waals surface area contributed by atoms with Crippen LogP contribution in [0.15, 0.2) is 54.6 Å². The molecule has 0 spiro atoms. The molecule has 2 N–H and O–H groups in total. The number of nitrogens with one attached hydrogen (secondary N) is 2. The second-order valence-electron chi connectivity index (χ2n) is 5.85. The molecule has 0 aliphatic carbocycles. The second-order valence-corrected chi connectivity index (χ2v) is 5.85. The van der Waals surface area contributed by atoms with Gasteiger partial charge in [-0.1, -0.05) is 42.0 Å². The summed E-state index contributed by atoms with van der Waals surface area (Å²) in [6, 6.07) is 18.1. The molecule has 0 bridgehead atoms. The third-order valence-electron chi connectivity index (χ3n) is 3.76. The minimum absolute atomic E-state index is 0.701. The van der Waals surface area contributed by atoms with Crippen molar-refractivity contribution in [3.05, 3.63) is 71.5 Å². The van der Waals surface area contributed by atoms with Gasteiger partial charge in [-0.05, 0) is 31.5 Å². The molecule has 25 heavy (non-hydrogen) atoms. The Morgan fingerprint density at radius 2 is 1.72 bits per heavy atom. The van der Waals surface area contributed by atoms with Crippen LogP contribution in [0.5, 0.6) is 5.75 Å². The van der Waals surface area contributed by atoms with Crippen LogP contribution < -0.4 is 15.4 Å². The minimum atomic E-state index is 0.701. The van der Waals surface area contributed by atoms with Crippen LogP contribution in [0, 0.1) is 13.8 Å². The predicted molar refractivity (Wildman–Crippen MR) is 102 cm³/mol. The van der Waals surface area contributed by atoms with Crippen LogP contribution >= 0.6 is 0 Å². The number of anilines is 3. The molecule has 0 saturated carbocycles. The second kappa shape index (κ2) is 7.66. The number of ether oxygens (including phenoxy) is 1. The van der Waals surface area contributed by atoms with Crippen LogP contribution in [0.1, 0.15) is 17.0 Å². The van der Waals surface area contributed by atoms with Crippen LogP contribution in [0.2, 0.25) is 0 Å². The number of benzene rings is 2. The summed E-state index contributed by atoms with van der Waals surface area (Å²) in [5, 5.41) is 6.66. The Labute approximate surface area is 148 Å². The Hall–Kier alpha value is -3.08. The zero-order chi connectivity index (χ0) is 17.6. The first-order chi connectivity index (χ1) is 12.1. The number of nitrogens with zero attached hydrogens (tertiary/aromatic N) is 2. The Kier molecular flexibility index (Phi) is 5.14. The van der Waals surface area contributed by atoms with Gasteiger partial charge in [0.2, 0.25) is 0 Å². The molecule has 5 nitrogen and oxygen atoms in total. The number of aryl methyl sites for hydroxylation is 2. The van der Waals surface area contributed by atoms with Crippen LogP contribution in [0.3, 0.4) is 0 Å². The highest BCUT2D eigenvalue weighted by Crippen LogP contribution is 2.27. The third kappa shape index (κ3) is 4.47. The van der Waals surface area contributed by atoms with Gasteiger partial charge in [0.25, 0.3) is 0 Å². The fourth-order valence-corrected chi connectivity index (χ4v) is 2.62. The number of rotatable bonds is 6. The van der Waals surface area contributed by atoms with Crippen molar-refractivity contribution in [3.8, 4) is 5.75 Å². The minimum Gasteiger partial charge on any atom is -0.495 e. The molecule has 128 valence electrons. The van der Waals surface area contributed by atoms with Crippen molar-refractivity contribution in [1.29, 1.82) is 0 Å². The van der Waals surface area contributed by atoms with Crippen molar-refractivity contribution in [1.82, 2.24) is 9.97 Å². The Bertz CT molecular complexity index is 864. The van der Waals surface area contributed by atoms with Gasteiger partial charge in [-0.3, -0.25) is 0 Å². The molecule has 0 saturated heterocycles. The van der Waals surface area contributed by atoms with Gasteiger partial charge >= 0.3 is 0 Å². The smallest absolute Gasteiger partial charge is 0.142 e. The van der Waals surface area contributed by atoms with Crippen molar-refractivity contribution in [3.63, 3.8) is 0 Å². The molecular weight excluding hydrogens is 312 g/mol. The molecule has 0 amide bonds. The first-order valence-corrected chi connectivity index (χ1v) is 8.19. The fraction of sp³-hybridized carbons (Fsp3) is 0.200. The lowest BCUT2D eigenvalue weighted by Gasteiger charge is -2.12. The van der Waals surface area contributed by atoms with Crippen molar-refractivity contribution in [2.75, 3.05) is 17.7 Å². The maximum absolute atomic E-state index is 5.37. The van der Waals surface area contributed by atoms with Crippen molar-refractivity contribution in [2.45, 2.75) is 20.4 Å². The summed E-state index contributed by atoms with van der Waals surface area (Å²) in [7, 11) is 1.65. The van der Waals surface area contributed by atoms with Gasteiger partial charge < -0.3 is 15.4 Å². The van der Waals surface area contributed by atoms with E-state index in [2.05, 4.69) is 51.8 Å². The molecular formula is C20H22N4O. The summed E-state index contributed by atoms with van der Waals surface area (Å²) >= 11 is 0. The van der Waals surface area contributed by atoms with Gasteiger partial charge in [-0.2, -0.15) is 0 Å². The molecule has 0 atom stereocenters. The number of hydrogen-bond donors (Lipinski definition) is 2. The van der Waals surface area contributed by atoms with E-state index < -0.39 is 0 Å². The SMILES string of the molecule is COc1ccccc1Nc1cc(NCc2cccc(C)c2)nc(C)n1. The monoisotopic (exact) mass is 334 g/mol. The van der Waals surface area contributed by atoms with Gasteiger partial charge in [0.1, 0.15) is 23.2 Å². The molecule has 2 aromatic carbocycles. The van der Waals surface area contributed by atoms with E-state index in [0.29, 0.717) is 12.4 Å². The Morgan fingerprint density at radius 3 is 2.52 bits per heavy atom. The van der Waals surface area contributed by atoms with E-state index in [1.165, 1.54) is 11.1 Å². The average molecular weight is 334 g/mol. The van der Waals surface area contributed by atoms with E-state index in [0.717, 1.165) is 23.1 Å². The van der Waals surface area contributed by atoms with Crippen molar-refractivity contribution in [2.24, 2.45) is 0 Å². The third-order valence-corrected chi connectivity index (χ3v) is 3.76. The van der Waals surface area contributed by atoms with Crippen LogP contribution in [0.4, 0.5) is 17.3 Å². The number of para-hydroxylation sites is 2. The molecule has 1 heterocycles. The highest BCUT2D eigenvalue weighted by molar-refractivity contribution is 5.65. The van der Waals surface area contributed by atoms with E-state index in [9.17, 15) is 0 Å². The molecule has 3 aromatic rings. The molecule has 0 fully saturated rings. The Balaban J connectivity index is 1.76. The van der Waals surface area contributed by atoms with Gasteiger partial charge in [0.15, 0.2) is 0 Å². The van der Waals surface area contributed by atoms with Gasteiger partial charge in [-0.15, -0.1) is 0 Å². The van der Waals surface area contributed by atoms with Gasteiger partial charge in [0, 0.05) is 12.6 Å². The molecule has 3 rings (SSSR count). The quantitative estimate of drug-likeness (QED) is 0.697. The van der Waals surface area contributed by atoms with E-state index in [4.69, 9.17) is 4.74 Å². The first kappa shape index (κ1) is 16.8. The average Bonchev–Trinajstić information content (AvgIpc) is 2.60. The topological polar surface area (TPSA) is 59.1 Å². The normalized spacial score (nSPS) is 10.4. The Morgan fingerprint density at radius 1 is 0.920 bits per heavy atom. The zero-order valence-electron chi connectivity index (χ0n) is 14.7. The summed E-state index contributed by atoms with van der Waals surface area (Å²) < 4.78 is 5.37. The van der Waals surface area contributed by atoms with Crippen LogP contribution in [0.25, 0.3) is 0 Å². The highest BCUT2D eigenvalue weighted by atomic mass is 16.5. The number of aromatic nitrogens is 2. The summed E-state index contributed by atoms with van der Waals surface area (Å²) in [5.41, 5.74) is 3.33. The van der Waals surface area contributed by atoms with Crippen molar-refractivity contribution >= 4 is 17.3 Å². The first-order valence-electron chi connectivity index (χ1n) is 8.19. The van der Waals surface area contributed by atoms with E-state index in [1.807, 2.05) is 37.3 Å². The highest BCUT2D eigenvalue weighted by Gasteiger charge is 2.06. The van der Waals surface area contributed by atoms with Gasteiger partial charge in [-0.25, -0.2) is 9.97 Å². The lowest BCUT2D eigenvalue weighted by atomic mass is 10.1. The predicted octanol–water partition coefficient (Wildman–Crippen LogP) is 4.46. The lowest BCUT2D eigenvalue weighted by Crippen LogP contribution is -2.05. The van der Waals surface area contributed by atoms with E-state index >= 15 is 0 Å². The van der Waals surface area contributed by atoms with Crippen LogP contribution in [-0.2, 0) is 6.54 Å². The summed E-state index contributed by atoms with van der Waals surface area (Å²) in [6.07, 6.45) is 0. The largest absolute Gasteiger partial charge is 0.495 e. The summed E-state index contributed by atoms with van der Waals surface area (Å²) in [4.78, 5) is 8.92. The van der Waals surface area contributed by atoms with Crippen LogP contribution in [-0.4, -0.2) is 17.1 Å². The molecule has 0 radical (unpaired) electrons. The maximum Gasteiger partial charge on any atom is 0.142 e. The summed E-state index contributed by atoms with van der Waals surface area (Å²) in [6.45, 7) is 4.69. The molecule has 0 unspecified atom stereocenters. The molecule has 1 aromatic heterocycles. The fourth-order valence-electron chi connectivity index (χ4n) is 2.62. The summed E-state index contributed by atoms with van der Waals surface area (Å²) in [5.74, 6) is 2.98. The molecule has 0 aliphatic heterocycles. The number of hydrogen-bond acceptors (Lipinski definition) is 5. The van der Waals surface area contributed by atoms with E-state index in [1.54, 1.807) is 7.11 Å². The lowest BCUT2D eigenvalue weighted by molar-refractivity contribution is 0.417. The maximum atomic E-state index is 5.37. The van der Waals surface area contributed by atoms with E-state index in [-0.39, 0.29) is 0 Å². The van der Waals surface area contributed by atoms with Gasteiger partial charge in [0.05, 0.1) is 12.8 Å². The van der Waals surface area contributed by atoms with Crippen molar-refractivity contribution < 1.29 is 4.74 Å². The number of methoxy groups -OCH3 is 1.